The van der Waals surface area contributed by atoms with Gasteiger partial charge < -0.3 is 9.97 Å². The molecule has 0 spiro atoms. The topological polar surface area (TPSA) is 97.1 Å². The Kier molecular flexibility index (Phi) is 8.92. The van der Waals surface area contributed by atoms with Crippen molar-refractivity contribution in [2.24, 2.45) is 0 Å². The van der Waals surface area contributed by atoms with Gasteiger partial charge in [0.25, 0.3) is 6.04 Å². The van der Waals surface area contributed by atoms with Gasteiger partial charge in [-0.25, -0.2) is 9.97 Å². The van der Waals surface area contributed by atoms with E-state index in [9.17, 15) is 10.1 Å². The number of nitrogens with zero attached hydrogens (tertiary/aromatic N) is 5. The molecule has 53 heavy (non-hydrogen) atoms. The fraction of sp³-hybridized carbons (Fsp3) is 0.0667. The number of nitro groups is 1. The van der Waals surface area contributed by atoms with E-state index >= 15 is 0 Å². The minimum atomic E-state index is -1.11. The van der Waals surface area contributed by atoms with Crippen LogP contribution in [0.2, 0.25) is 0 Å². The van der Waals surface area contributed by atoms with Gasteiger partial charge in [0.15, 0.2) is 0 Å². The Morgan fingerprint density at radius 1 is 0.491 bits per heavy atom. The van der Waals surface area contributed by atoms with E-state index in [-0.39, 0.29) is 22.0 Å². The van der Waals surface area contributed by atoms with Crippen LogP contribution >= 0.6 is 0 Å². The Balaban J connectivity index is 0.00000400. The Hall–Kier alpha value is -6.34. The smallest absolute Gasteiger partial charge is 0.657 e. The first-order chi connectivity index (χ1) is 25.5. The van der Waals surface area contributed by atoms with Crippen LogP contribution in [0.15, 0.2) is 146 Å². The molecule has 2 aliphatic rings. The van der Waals surface area contributed by atoms with Crippen molar-refractivity contribution in [2.75, 3.05) is 0 Å². The number of benzene rings is 4. The van der Waals surface area contributed by atoms with Crippen molar-refractivity contribution in [3.63, 3.8) is 0 Å². The Morgan fingerprint density at radius 3 is 1.21 bits per heavy atom. The van der Waals surface area contributed by atoms with Crippen molar-refractivity contribution in [1.82, 2.24) is 19.9 Å². The van der Waals surface area contributed by atoms with Crippen LogP contribution in [-0.4, -0.2) is 14.9 Å². The largest absolute Gasteiger partial charge is 2.00 e. The van der Waals surface area contributed by atoms with E-state index in [0.717, 1.165) is 55.8 Å². The summed E-state index contributed by atoms with van der Waals surface area (Å²) in [5.74, 6) is -0.563. The molecular formula is C45H31CuN5O2. The van der Waals surface area contributed by atoms with Gasteiger partial charge in [-0.1, -0.05) is 146 Å². The molecule has 7 aromatic rings. The van der Waals surface area contributed by atoms with Crippen LogP contribution in [0.4, 0.5) is 0 Å². The molecule has 0 amide bonds. The molecule has 0 N–H and O–H groups in total. The second-order valence-corrected chi connectivity index (χ2v) is 13.0. The van der Waals surface area contributed by atoms with E-state index in [2.05, 4.69) is 24.3 Å². The van der Waals surface area contributed by atoms with Gasteiger partial charge in [-0.15, -0.1) is 22.1 Å². The summed E-state index contributed by atoms with van der Waals surface area (Å²) < 4.78 is 0. The standard InChI is InChI=1S/C45H31N5O2.Cu/c1-28-43-41(31-18-10-4-11-19-31)37-26-24-35(47-37)39(29-14-6-2-7-15-29)33-22-23-34(46-33)40(30-16-8-3-9-17-30)36-25-27-38(48-36)42(32-20-12-5-13-21-32)44(49-43)45(28)50(51)52;/h2-28,45H,1H3;/q-2;+2. The van der Waals surface area contributed by atoms with Gasteiger partial charge in [-0.05, 0) is 63.6 Å². The zero-order valence-electron chi connectivity index (χ0n) is 28.5. The number of rotatable bonds is 5. The predicted octanol–water partition coefficient (Wildman–Crippen LogP) is 10.5. The van der Waals surface area contributed by atoms with Crippen LogP contribution in [0.3, 0.4) is 0 Å². The van der Waals surface area contributed by atoms with Gasteiger partial charge in [0.05, 0.1) is 23.0 Å². The number of fused-ring (bicyclic) bond motifs is 8. The van der Waals surface area contributed by atoms with Crippen molar-refractivity contribution in [3.05, 3.63) is 178 Å². The molecule has 5 heterocycles. The fourth-order valence-corrected chi connectivity index (χ4v) is 7.50. The van der Waals surface area contributed by atoms with Gasteiger partial charge in [-0.3, -0.25) is 10.1 Å². The summed E-state index contributed by atoms with van der Waals surface area (Å²) in [6, 6.07) is 46.7. The van der Waals surface area contributed by atoms with E-state index in [4.69, 9.17) is 19.9 Å². The first kappa shape index (κ1) is 33.8. The van der Waals surface area contributed by atoms with E-state index in [1.54, 1.807) is 0 Å². The number of hydrogen-bond acceptors (Lipinski definition) is 4. The third-order valence-corrected chi connectivity index (χ3v) is 9.87. The molecule has 2 unspecified atom stereocenters. The molecule has 8 bridgehead atoms. The molecule has 0 fully saturated rings. The maximum Gasteiger partial charge on any atom is 2.00 e. The normalized spacial score (nSPS) is 14.8. The van der Waals surface area contributed by atoms with Crippen LogP contribution in [0.25, 0.3) is 78.7 Å². The molecule has 2 aliphatic heterocycles. The van der Waals surface area contributed by atoms with Crippen molar-refractivity contribution < 1.29 is 22.0 Å². The maximum absolute atomic E-state index is 13.1. The summed E-state index contributed by atoms with van der Waals surface area (Å²) in [5, 5.41) is 13.1. The molecule has 2 atom stereocenters. The molecule has 7 nitrogen and oxygen atoms in total. The van der Waals surface area contributed by atoms with Crippen molar-refractivity contribution in [3.8, 4) is 44.5 Å². The minimum Gasteiger partial charge on any atom is -0.657 e. The summed E-state index contributed by atoms with van der Waals surface area (Å²) in [6.07, 6.45) is 4.08. The second-order valence-electron chi connectivity index (χ2n) is 13.0. The number of hydrogen-bond donors (Lipinski definition) is 0. The van der Waals surface area contributed by atoms with Crippen molar-refractivity contribution in [1.29, 1.82) is 0 Å². The van der Waals surface area contributed by atoms with Crippen LogP contribution < -0.4 is 9.97 Å². The first-order valence-corrected chi connectivity index (χ1v) is 17.3. The molecular weight excluding hydrogens is 706 g/mol. The van der Waals surface area contributed by atoms with Crippen molar-refractivity contribution >= 4 is 34.2 Å². The minimum absolute atomic E-state index is 0. The first-order valence-electron chi connectivity index (χ1n) is 17.3. The van der Waals surface area contributed by atoms with E-state index in [1.165, 1.54) is 0 Å². The van der Waals surface area contributed by atoms with E-state index in [1.807, 2.05) is 140 Å². The zero-order valence-corrected chi connectivity index (χ0v) is 29.5. The summed E-state index contributed by atoms with van der Waals surface area (Å²) in [6.45, 7) is 1.89. The Morgan fingerprint density at radius 2 is 0.830 bits per heavy atom. The number of aromatic nitrogens is 4. The fourth-order valence-electron chi connectivity index (χ4n) is 7.50. The molecule has 9 rings (SSSR count). The Labute approximate surface area is 316 Å². The third-order valence-electron chi connectivity index (χ3n) is 9.87. The predicted molar refractivity (Wildman–Crippen MR) is 208 cm³/mol. The van der Waals surface area contributed by atoms with Gasteiger partial charge in [-0.2, -0.15) is 0 Å². The van der Waals surface area contributed by atoms with E-state index in [0.29, 0.717) is 33.5 Å². The van der Waals surface area contributed by atoms with Crippen molar-refractivity contribution in [2.45, 2.75) is 18.9 Å². The average Bonchev–Trinajstić information content (AvgIpc) is 4.00. The monoisotopic (exact) mass is 736 g/mol. The SMILES string of the molecule is CC1c2nc(c(-c3ccccc3)c3ccc([n-]3)c(-c3ccccc3)c3nc(c(-c4ccccc4)c4ccc([n-]4)c2-c2ccccc2)C=C3)C1[N+](=O)[O-].[Cu+2]. The van der Waals surface area contributed by atoms with Crippen LogP contribution in [0.5, 0.6) is 0 Å². The van der Waals surface area contributed by atoms with Crippen LogP contribution in [0.1, 0.15) is 41.7 Å². The molecule has 8 heteroatoms. The quantitative estimate of drug-likeness (QED) is 0.0991. The Bertz CT molecular complexity index is 2670. The molecule has 4 aromatic carbocycles. The van der Waals surface area contributed by atoms with Gasteiger partial charge in [0, 0.05) is 4.92 Å². The molecule has 0 saturated carbocycles. The summed E-state index contributed by atoms with van der Waals surface area (Å²) in [4.78, 5) is 34.0. The van der Waals surface area contributed by atoms with E-state index < -0.39 is 12.0 Å². The summed E-state index contributed by atoms with van der Waals surface area (Å²) in [7, 11) is 0. The molecule has 0 saturated heterocycles. The van der Waals surface area contributed by atoms with Gasteiger partial charge in [0.2, 0.25) is 0 Å². The molecule has 3 aromatic heterocycles. The maximum atomic E-state index is 13.1. The van der Waals surface area contributed by atoms with Crippen LogP contribution in [-0.2, 0) is 17.1 Å². The third kappa shape index (κ3) is 5.98. The zero-order chi connectivity index (χ0) is 35.2. The second kappa shape index (κ2) is 14.0. The summed E-state index contributed by atoms with van der Waals surface area (Å²) >= 11 is 0. The van der Waals surface area contributed by atoms with Crippen LogP contribution in [0, 0.1) is 10.1 Å². The molecule has 0 aliphatic carbocycles. The molecule has 259 valence electrons. The molecule has 1 radical (unpaired) electrons. The van der Waals surface area contributed by atoms with Gasteiger partial charge in [0.1, 0.15) is 5.69 Å². The summed E-state index contributed by atoms with van der Waals surface area (Å²) in [5.41, 5.74) is 12.1. The average molecular weight is 737 g/mol. The van der Waals surface area contributed by atoms with Gasteiger partial charge >= 0.3 is 17.1 Å².